The van der Waals surface area contributed by atoms with Gasteiger partial charge in [0.25, 0.3) is 0 Å². The highest BCUT2D eigenvalue weighted by atomic mass is 32.2. The summed E-state index contributed by atoms with van der Waals surface area (Å²) in [4.78, 5) is 0. The summed E-state index contributed by atoms with van der Waals surface area (Å²) in [7, 11) is -2.72. The predicted octanol–water partition coefficient (Wildman–Crippen LogP) is 2.78. The fraction of sp³-hybridized carbons (Fsp3) is 1.00. The van der Waals surface area contributed by atoms with Gasteiger partial charge in [-0.3, -0.25) is 0 Å². The Morgan fingerprint density at radius 1 is 0.769 bits per heavy atom. The van der Waals surface area contributed by atoms with Crippen LogP contribution in [0.5, 0.6) is 0 Å². The molecule has 0 aromatic rings. The van der Waals surface area contributed by atoms with Crippen LogP contribution in [0.15, 0.2) is 0 Å². The zero-order valence-corrected chi connectivity index (χ0v) is 9.70. The molecular formula is C10H22O2S. The lowest BCUT2D eigenvalue weighted by atomic mass is 10.2. The Hall–Kier alpha value is -0.0500. The number of sulfone groups is 1. The second kappa shape index (κ2) is 7.36. The molecule has 0 unspecified atom stereocenters. The summed E-state index contributed by atoms with van der Waals surface area (Å²) in [5.41, 5.74) is 0. The number of hydrogen-bond acceptors (Lipinski definition) is 2. The van der Waals surface area contributed by atoms with Crippen molar-refractivity contribution in [1.82, 2.24) is 0 Å². The molecule has 0 N–H and O–H groups in total. The van der Waals surface area contributed by atoms with Gasteiger partial charge in [0.2, 0.25) is 0 Å². The fourth-order valence-corrected chi connectivity index (χ4v) is 2.81. The SMILES string of the molecule is CCCCCCCS(=O)(=O)CCC. The summed E-state index contributed by atoms with van der Waals surface area (Å²) in [6.45, 7) is 4.07. The maximum Gasteiger partial charge on any atom is 0.150 e. The number of rotatable bonds is 8. The van der Waals surface area contributed by atoms with Gasteiger partial charge in [-0.1, -0.05) is 39.5 Å². The molecule has 80 valence electrons. The molecule has 0 spiro atoms. The molecule has 0 amide bonds. The van der Waals surface area contributed by atoms with Gasteiger partial charge >= 0.3 is 0 Å². The molecule has 2 nitrogen and oxygen atoms in total. The molecule has 0 rings (SSSR count). The van der Waals surface area contributed by atoms with Gasteiger partial charge in [-0.25, -0.2) is 8.42 Å². The van der Waals surface area contributed by atoms with E-state index in [2.05, 4.69) is 6.92 Å². The van der Waals surface area contributed by atoms with Crippen molar-refractivity contribution in [1.29, 1.82) is 0 Å². The van der Waals surface area contributed by atoms with E-state index >= 15 is 0 Å². The van der Waals surface area contributed by atoms with Gasteiger partial charge in [0.1, 0.15) is 9.84 Å². The molecule has 0 aromatic heterocycles. The van der Waals surface area contributed by atoms with Gasteiger partial charge in [0, 0.05) is 5.75 Å². The molecular weight excluding hydrogens is 184 g/mol. The standard InChI is InChI=1S/C10H22O2S/c1-3-5-6-7-8-10-13(11,12)9-4-2/h3-10H2,1-2H3. The minimum atomic E-state index is -2.72. The highest BCUT2D eigenvalue weighted by molar-refractivity contribution is 7.91. The van der Waals surface area contributed by atoms with Gasteiger partial charge in [0.15, 0.2) is 0 Å². The van der Waals surface area contributed by atoms with Crippen LogP contribution in [-0.4, -0.2) is 19.9 Å². The van der Waals surface area contributed by atoms with Gasteiger partial charge in [-0.05, 0) is 12.8 Å². The van der Waals surface area contributed by atoms with Crippen LogP contribution in [0, 0.1) is 0 Å². The van der Waals surface area contributed by atoms with Crippen molar-refractivity contribution in [2.45, 2.75) is 52.4 Å². The molecule has 0 heterocycles. The van der Waals surface area contributed by atoms with E-state index < -0.39 is 9.84 Å². The third kappa shape index (κ3) is 8.28. The third-order valence-corrected chi connectivity index (χ3v) is 4.01. The lowest BCUT2D eigenvalue weighted by molar-refractivity contribution is 0.585. The Labute approximate surface area is 82.6 Å². The molecule has 0 radical (unpaired) electrons. The highest BCUT2D eigenvalue weighted by Gasteiger charge is 2.07. The number of unbranched alkanes of at least 4 members (excludes halogenated alkanes) is 4. The molecule has 0 aliphatic rings. The summed E-state index contributed by atoms with van der Waals surface area (Å²) >= 11 is 0. The Morgan fingerprint density at radius 2 is 1.38 bits per heavy atom. The van der Waals surface area contributed by atoms with Crippen LogP contribution in [0.1, 0.15) is 52.4 Å². The quantitative estimate of drug-likeness (QED) is 0.572. The zero-order valence-electron chi connectivity index (χ0n) is 8.88. The van der Waals surface area contributed by atoms with Gasteiger partial charge in [-0.15, -0.1) is 0 Å². The first-order valence-electron chi connectivity index (χ1n) is 5.32. The van der Waals surface area contributed by atoms with Crippen LogP contribution in [0.2, 0.25) is 0 Å². The maximum atomic E-state index is 11.3. The number of hydrogen-bond donors (Lipinski definition) is 0. The van der Waals surface area contributed by atoms with Crippen molar-refractivity contribution in [3.8, 4) is 0 Å². The summed E-state index contributed by atoms with van der Waals surface area (Å²) in [6, 6.07) is 0. The smallest absolute Gasteiger partial charge is 0.150 e. The van der Waals surface area contributed by atoms with Crippen molar-refractivity contribution in [2.24, 2.45) is 0 Å². The lowest BCUT2D eigenvalue weighted by Gasteiger charge is -2.01. The third-order valence-electron chi connectivity index (χ3n) is 2.07. The second-order valence-electron chi connectivity index (χ2n) is 3.57. The van der Waals surface area contributed by atoms with Gasteiger partial charge in [0.05, 0.1) is 5.75 Å². The second-order valence-corrected chi connectivity index (χ2v) is 5.87. The molecule has 0 aromatic carbocycles. The lowest BCUT2D eigenvalue weighted by Crippen LogP contribution is -2.10. The van der Waals surface area contributed by atoms with Crippen LogP contribution in [0.4, 0.5) is 0 Å². The first-order chi connectivity index (χ1) is 6.12. The molecule has 0 aliphatic heterocycles. The Morgan fingerprint density at radius 3 is 1.92 bits per heavy atom. The van der Waals surface area contributed by atoms with E-state index in [0.29, 0.717) is 11.5 Å². The molecule has 0 aliphatic carbocycles. The minimum Gasteiger partial charge on any atom is -0.229 e. The molecule has 0 atom stereocenters. The fourth-order valence-electron chi connectivity index (χ4n) is 1.34. The normalized spacial score (nSPS) is 11.8. The van der Waals surface area contributed by atoms with Crippen molar-refractivity contribution in [3.63, 3.8) is 0 Å². The minimum absolute atomic E-state index is 0.362. The summed E-state index contributed by atoms with van der Waals surface area (Å²) in [5.74, 6) is 0.755. The monoisotopic (exact) mass is 206 g/mol. The van der Waals surface area contributed by atoms with E-state index in [1.54, 1.807) is 0 Å². The van der Waals surface area contributed by atoms with Crippen LogP contribution >= 0.6 is 0 Å². The summed E-state index contributed by atoms with van der Waals surface area (Å²) in [6.07, 6.45) is 6.28. The molecule has 0 saturated carbocycles. The molecule has 0 bridgehead atoms. The van der Waals surface area contributed by atoms with Crippen molar-refractivity contribution in [3.05, 3.63) is 0 Å². The Balaban J connectivity index is 3.41. The molecule has 0 saturated heterocycles. The van der Waals surface area contributed by atoms with E-state index in [9.17, 15) is 8.42 Å². The molecule has 3 heteroatoms. The van der Waals surface area contributed by atoms with Crippen LogP contribution in [-0.2, 0) is 9.84 Å². The zero-order chi connectivity index (χ0) is 10.2. The first-order valence-corrected chi connectivity index (χ1v) is 7.15. The van der Waals surface area contributed by atoms with E-state index in [1.165, 1.54) is 19.3 Å². The largest absolute Gasteiger partial charge is 0.229 e. The van der Waals surface area contributed by atoms with Crippen LogP contribution in [0.25, 0.3) is 0 Å². The van der Waals surface area contributed by atoms with Crippen molar-refractivity contribution in [2.75, 3.05) is 11.5 Å². The van der Waals surface area contributed by atoms with Crippen molar-refractivity contribution < 1.29 is 8.42 Å². The van der Waals surface area contributed by atoms with Crippen LogP contribution < -0.4 is 0 Å². The Kier molecular flexibility index (Phi) is 7.33. The van der Waals surface area contributed by atoms with Crippen molar-refractivity contribution >= 4 is 9.84 Å². The summed E-state index contributed by atoms with van der Waals surface area (Å²) < 4.78 is 22.5. The van der Waals surface area contributed by atoms with E-state index in [1.807, 2.05) is 6.92 Å². The topological polar surface area (TPSA) is 34.1 Å². The van der Waals surface area contributed by atoms with E-state index in [0.717, 1.165) is 19.3 Å². The van der Waals surface area contributed by atoms with Gasteiger partial charge < -0.3 is 0 Å². The summed E-state index contributed by atoms with van der Waals surface area (Å²) in [5, 5.41) is 0. The van der Waals surface area contributed by atoms with Gasteiger partial charge in [-0.2, -0.15) is 0 Å². The first kappa shape index (κ1) is 12.9. The predicted molar refractivity (Wildman–Crippen MR) is 57.7 cm³/mol. The Bertz CT molecular complexity index is 195. The molecule has 13 heavy (non-hydrogen) atoms. The van der Waals surface area contributed by atoms with E-state index in [-0.39, 0.29) is 0 Å². The highest BCUT2D eigenvalue weighted by Crippen LogP contribution is 2.05. The average Bonchev–Trinajstić information content (AvgIpc) is 2.04. The van der Waals surface area contributed by atoms with E-state index in [4.69, 9.17) is 0 Å². The van der Waals surface area contributed by atoms with Crippen LogP contribution in [0.3, 0.4) is 0 Å². The maximum absolute atomic E-state index is 11.3. The molecule has 0 fully saturated rings. The average molecular weight is 206 g/mol.